The van der Waals surface area contributed by atoms with Gasteiger partial charge in [-0.1, -0.05) is 30.9 Å². The first-order valence-electron chi connectivity index (χ1n) is 10.3. The molecule has 1 amide bonds. The number of nitrogens with zero attached hydrogens (tertiary/aromatic N) is 2. The number of carbonyl (C=O) groups excluding carboxylic acids is 2. The highest BCUT2D eigenvalue weighted by Crippen LogP contribution is 2.40. The number of likely N-dealkylation sites (tertiary alicyclic amines) is 1. The number of halogens is 1. The molecule has 7 heteroatoms. The van der Waals surface area contributed by atoms with Crippen molar-refractivity contribution in [2.75, 3.05) is 6.61 Å². The molecule has 1 aliphatic rings. The van der Waals surface area contributed by atoms with Crippen LogP contribution in [0.2, 0.25) is 0 Å². The lowest BCUT2D eigenvalue weighted by Crippen LogP contribution is -2.29. The predicted octanol–water partition coefficient (Wildman–Crippen LogP) is 4.41. The van der Waals surface area contributed by atoms with Gasteiger partial charge in [0, 0.05) is 24.5 Å². The summed E-state index contributed by atoms with van der Waals surface area (Å²) >= 11 is 0. The highest BCUT2D eigenvalue weighted by molar-refractivity contribution is 6.46. The smallest absolute Gasteiger partial charge is 0.295 e. The van der Waals surface area contributed by atoms with E-state index >= 15 is 0 Å². The van der Waals surface area contributed by atoms with Crippen molar-refractivity contribution < 1.29 is 23.8 Å². The molecule has 33 heavy (non-hydrogen) atoms. The summed E-state index contributed by atoms with van der Waals surface area (Å²) in [7, 11) is 0. The molecule has 0 bridgehead atoms. The Morgan fingerprint density at radius 2 is 1.94 bits per heavy atom. The molecule has 0 aliphatic carbocycles. The number of aliphatic hydroxyl groups excluding tert-OH is 1. The average Bonchev–Trinajstić information content (AvgIpc) is 3.08. The lowest BCUT2D eigenvalue weighted by Gasteiger charge is -2.25. The van der Waals surface area contributed by atoms with E-state index in [4.69, 9.17) is 4.74 Å². The number of rotatable bonds is 7. The van der Waals surface area contributed by atoms with Crippen LogP contribution in [0.25, 0.3) is 5.76 Å². The van der Waals surface area contributed by atoms with Crippen LogP contribution in [0.3, 0.4) is 0 Å². The Balaban J connectivity index is 1.79. The van der Waals surface area contributed by atoms with E-state index in [1.54, 1.807) is 60.9 Å². The lowest BCUT2D eigenvalue weighted by molar-refractivity contribution is -0.140. The van der Waals surface area contributed by atoms with E-state index in [2.05, 4.69) is 11.6 Å². The van der Waals surface area contributed by atoms with Crippen LogP contribution >= 0.6 is 0 Å². The summed E-state index contributed by atoms with van der Waals surface area (Å²) in [6.07, 6.45) is 4.80. The summed E-state index contributed by atoms with van der Waals surface area (Å²) < 4.78 is 19.5. The fraction of sp³-hybridized carbons (Fsp3) is 0.115. The normalized spacial score (nSPS) is 17.2. The number of pyridine rings is 1. The maximum absolute atomic E-state index is 14.1. The first-order valence-corrected chi connectivity index (χ1v) is 10.3. The number of carbonyl (C=O) groups is 2. The predicted molar refractivity (Wildman–Crippen MR) is 121 cm³/mol. The largest absolute Gasteiger partial charge is 0.507 e. The molecule has 1 aliphatic heterocycles. The van der Waals surface area contributed by atoms with Crippen LogP contribution in [0.5, 0.6) is 5.75 Å². The maximum atomic E-state index is 14.1. The van der Waals surface area contributed by atoms with E-state index in [9.17, 15) is 19.1 Å². The average molecular weight is 444 g/mol. The molecule has 4 rings (SSSR count). The SMILES string of the molecule is C=CCOc1ccc(/C(O)=C2\C(=O)C(=O)N(Cc3cccnc3)C2c2cccc(F)c2)cc1. The number of benzene rings is 2. The number of hydrogen-bond donors (Lipinski definition) is 1. The van der Waals surface area contributed by atoms with Gasteiger partial charge in [0.25, 0.3) is 11.7 Å². The number of aliphatic hydroxyl groups is 1. The Labute approximate surface area is 190 Å². The minimum Gasteiger partial charge on any atom is -0.507 e. The van der Waals surface area contributed by atoms with Gasteiger partial charge >= 0.3 is 0 Å². The third-order valence-electron chi connectivity index (χ3n) is 5.28. The van der Waals surface area contributed by atoms with Gasteiger partial charge in [-0.05, 0) is 53.6 Å². The van der Waals surface area contributed by atoms with Crippen LogP contribution in [0, 0.1) is 5.82 Å². The molecular formula is C26H21FN2O4. The van der Waals surface area contributed by atoms with Crippen molar-refractivity contribution in [2.45, 2.75) is 12.6 Å². The van der Waals surface area contributed by atoms with Gasteiger partial charge in [-0.15, -0.1) is 0 Å². The maximum Gasteiger partial charge on any atom is 0.295 e. The Kier molecular flexibility index (Phi) is 6.31. The van der Waals surface area contributed by atoms with Gasteiger partial charge in [-0.3, -0.25) is 14.6 Å². The third kappa shape index (κ3) is 4.52. The first-order chi connectivity index (χ1) is 16.0. The molecular weight excluding hydrogens is 423 g/mol. The first kappa shape index (κ1) is 22.0. The molecule has 166 valence electrons. The van der Waals surface area contributed by atoms with Crippen molar-refractivity contribution >= 4 is 17.4 Å². The van der Waals surface area contributed by atoms with E-state index in [1.807, 2.05) is 0 Å². The van der Waals surface area contributed by atoms with Gasteiger partial charge in [0.05, 0.1) is 11.6 Å². The lowest BCUT2D eigenvalue weighted by atomic mass is 9.95. The van der Waals surface area contributed by atoms with Crippen LogP contribution in [0.15, 0.2) is 91.3 Å². The van der Waals surface area contributed by atoms with Gasteiger partial charge < -0.3 is 14.7 Å². The quantitative estimate of drug-likeness (QED) is 0.253. The van der Waals surface area contributed by atoms with Crippen LogP contribution in [-0.2, 0) is 16.1 Å². The highest BCUT2D eigenvalue weighted by Gasteiger charge is 2.46. The molecule has 2 heterocycles. The summed E-state index contributed by atoms with van der Waals surface area (Å²) in [5, 5.41) is 11.1. The van der Waals surface area contributed by atoms with Crippen molar-refractivity contribution in [3.8, 4) is 5.75 Å². The number of amides is 1. The number of aromatic nitrogens is 1. The molecule has 1 atom stereocenters. The van der Waals surface area contributed by atoms with Gasteiger partial charge in [0.15, 0.2) is 0 Å². The molecule has 1 N–H and O–H groups in total. The Morgan fingerprint density at radius 1 is 1.15 bits per heavy atom. The van der Waals surface area contributed by atoms with Gasteiger partial charge in [0.2, 0.25) is 0 Å². The molecule has 1 aromatic heterocycles. The second-order valence-corrected chi connectivity index (χ2v) is 7.47. The van der Waals surface area contributed by atoms with Crippen molar-refractivity contribution in [1.82, 2.24) is 9.88 Å². The van der Waals surface area contributed by atoms with E-state index < -0.39 is 23.5 Å². The van der Waals surface area contributed by atoms with Crippen molar-refractivity contribution in [1.29, 1.82) is 0 Å². The van der Waals surface area contributed by atoms with Crippen molar-refractivity contribution in [2.24, 2.45) is 0 Å². The molecule has 2 aromatic carbocycles. The molecule has 6 nitrogen and oxygen atoms in total. The van der Waals surface area contributed by atoms with E-state index in [0.29, 0.717) is 29.0 Å². The zero-order chi connectivity index (χ0) is 23.4. The second kappa shape index (κ2) is 9.48. The zero-order valence-corrected chi connectivity index (χ0v) is 17.6. The Morgan fingerprint density at radius 3 is 2.61 bits per heavy atom. The molecule has 1 unspecified atom stereocenters. The molecule has 1 fully saturated rings. The summed E-state index contributed by atoms with van der Waals surface area (Å²) in [6.45, 7) is 3.99. The second-order valence-electron chi connectivity index (χ2n) is 7.47. The Bertz CT molecular complexity index is 1220. The number of hydrogen-bond acceptors (Lipinski definition) is 5. The third-order valence-corrected chi connectivity index (χ3v) is 5.28. The molecule has 1 saturated heterocycles. The topological polar surface area (TPSA) is 79.7 Å². The van der Waals surface area contributed by atoms with E-state index in [0.717, 1.165) is 0 Å². The molecule has 3 aromatic rings. The van der Waals surface area contributed by atoms with Crippen LogP contribution < -0.4 is 4.74 Å². The number of Topliss-reactive ketones (excluding diaryl/α,β-unsaturated/α-hetero) is 1. The summed E-state index contributed by atoms with van der Waals surface area (Å²) in [5.74, 6) is -1.90. The van der Waals surface area contributed by atoms with Crippen molar-refractivity contribution in [3.63, 3.8) is 0 Å². The van der Waals surface area contributed by atoms with Crippen LogP contribution in [0.4, 0.5) is 4.39 Å². The minimum atomic E-state index is -0.961. The fourth-order valence-corrected chi connectivity index (χ4v) is 3.77. The van der Waals surface area contributed by atoms with Crippen molar-refractivity contribution in [3.05, 3.63) is 114 Å². The van der Waals surface area contributed by atoms with E-state index in [1.165, 1.54) is 23.1 Å². The van der Waals surface area contributed by atoms with Crippen LogP contribution in [0.1, 0.15) is 22.7 Å². The molecule has 0 spiro atoms. The molecule has 0 saturated carbocycles. The summed E-state index contributed by atoms with van der Waals surface area (Å²) in [5.41, 5.74) is 1.31. The molecule has 0 radical (unpaired) electrons. The number of ether oxygens (including phenoxy) is 1. The monoisotopic (exact) mass is 444 g/mol. The zero-order valence-electron chi connectivity index (χ0n) is 17.6. The fourth-order valence-electron chi connectivity index (χ4n) is 3.77. The minimum absolute atomic E-state index is 0.0741. The summed E-state index contributed by atoms with van der Waals surface area (Å²) in [6, 6.07) is 14.6. The Hall–Kier alpha value is -4.26. The van der Waals surface area contributed by atoms with Gasteiger partial charge in [0.1, 0.15) is 23.9 Å². The summed E-state index contributed by atoms with van der Waals surface area (Å²) in [4.78, 5) is 31.4. The number of ketones is 1. The highest BCUT2D eigenvalue weighted by atomic mass is 19.1. The van der Waals surface area contributed by atoms with Gasteiger partial charge in [-0.25, -0.2) is 4.39 Å². The van der Waals surface area contributed by atoms with Crippen LogP contribution in [-0.4, -0.2) is 33.3 Å². The van der Waals surface area contributed by atoms with Gasteiger partial charge in [-0.2, -0.15) is 0 Å². The standard InChI is InChI=1S/C26H21FN2O4/c1-2-13-33-21-10-8-18(9-11-21)24(30)22-23(19-6-3-7-20(27)14-19)29(26(32)25(22)31)16-17-5-4-12-28-15-17/h2-12,14-15,23,30H,1,13,16H2/b24-22+. The van der Waals surface area contributed by atoms with E-state index in [-0.39, 0.29) is 17.9 Å².